The third-order valence-corrected chi connectivity index (χ3v) is 6.43. The number of benzene rings is 2. The molecule has 0 aromatic heterocycles. The van der Waals surface area contributed by atoms with Gasteiger partial charge >= 0.3 is 6.09 Å². The summed E-state index contributed by atoms with van der Waals surface area (Å²) in [6.07, 6.45) is 0.271. The van der Waals surface area contributed by atoms with E-state index in [1.54, 1.807) is 0 Å². The molecule has 0 heterocycles. The van der Waals surface area contributed by atoms with Crippen LogP contribution in [0, 0.1) is 11.6 Å². The van der Waals surface area contributed by atoms with Crippen molar-refractivity contribution in [3.8, 4) is 11.5 Å². The van der Waals surface area contributed by atoms with Crippen LogP contribution >= 0.6 is 0 Å². The predicted molar refractivity (Wildman–Crippen MR) is 122 cm³/mol. The maximum absolute atomic E-state index is 14.7. The van der Waals surface area contributed by atoms with Gasteiger partial charge in [-0.2, -0.15) is 4.31 Å². The highest BCUT2D eigenvalue weighted by Gasteiger charge is 2.29. The average Bonchev–Trinajstić information content (AvgIpc) is 2.86. The van der Waals surface area contributed by atoms with Crippen molar-refractivity contribution in [3.05, 3.63) is 66.9 Å². The molecule has 0 aliphatic rings. The number of rotatable bonds is 13. The predicted octanol–water partition coefficient (Wildman–Crippen LogP) is 2.48. The molecule has 0 unspecified atom stereocenters. The van der Waals surface area contributed by atoms with Crippen molar-refractivity contribution in [1.82, 2.24) is 14.7 Å². The van der Waals surface area contributed by atoms with Gasteiger partial charge in [0.05, 0.1) is 18.0 Å². The zero-order chi connectivity index (χ0) is 26.7. The van der Waals surface area contributed by atoms with Gasteiger partial charge in [0, 0.05) is 26.4 Å². The molecule has 2 rings (SSSR count). The first-order valence-corrected chi connectivity index (χ1v) is 11.8. The number of carbonyl (C=O) groups excluding carboxylic acids is 2. The van der Waals surface area contributed by atoms with Crippen LogP contribution in [0.5, 0.6) is 11.5 Å². The Hall–Kier alpha value is -3.59. The second-order valence-corrected chi connectivity index (χ2v) is 8.94. The van der Waals surface area contributed by atoms with E-state index in [9.17, 15) is 26.8 Å². The molecular formula is C22H25F2N3O8S. The third kappa shape index (κ3) is 7.98. The summed E-state index contributed by atoms with van der Waals surface area (Å²) in [5.41, 5.74) is 1.32. The molecule has 0 saturated heterocycles. The van der Waals surface area contributed by atoms with E-state index in [2.05, 4.69) is 6.58 Å². The summed E-state index contributed by atoms with van der Waals surface area (Å²) in [5, 5.41) is 8.86. The maximum Gasteiger partial charge on any atom is 0.413 e. The molecule has 2 N–H and O–H groups in total. The van der Waals surface area contributed by atoms with Crippen LogP contribution in [0.3, 0.4) is 0 Å². The second kappa shape index (κ2) is 13.5. The third-order valence-electron chi connectivity index (χ3n) is 4.59. The van der Waals surface area contributed by atoms with E-state index in [1.807, 2.05) is 0 Å². The molecule has 0 radical (unpaired) electrons. The van der Waals surface area contributed by atoms with Crippen molar-refractivity contribution < 1.29 is 46.2 Å². The molecule has 14 heteroatoms. The lowest BCUT2D eigenvalue weighted by molar-refractivity contribution is -0.129. The summed E-state index contributed by atoms with van der Waals surface area (Å²) >= 11 is 0. The van der Waals surface area contributed by atoms with E-state index < -0.39 is 51.6 Å². The van der Waals surface area contributed by atoms with Crippen molar-refractivity contribution in [2.75, 3.05) is 40.0 Å². The number of nitrogens with one attached hydrogen (secondary N) is 1. The number of sulfonamides is 1. The van der Waals surface area contributed by atoms with Gasteiger partial charge in [-0.05, 0) is 42.5 Å². The van der Waals surface area contributed by atoms with Gasteiger partial charge in [0.2, 0.25) is 10.0 Å². The Morgan fingerprint density at radius 2 is 1.81 bits per heavy atom. The topological polar surface area (TPSA) is 135 Å². The van der Waals surface area contributed by atoms with Crippen molar-refractivity contribution in [1.29, 1.82) is 0 Å². The van der Waals surface area contributed by atoms with E-state index in [0.29, 0.717) is 10.4 Å². The lowest BCUT2D eigenvalue weighted by Gasteiger charge is -2.24. The Balaban J connectivity index is 2.23. The molecule has 0 bridgehead atoms. The Morgan fingerprint density at radius 3 is 2.39 bits per heavy atom. The Kier molecular flexibility index (Phi) is 10.7. The second-order valence-electron chi connectivity index (χ2n) is 7.00. The van der Waals surface area contributed by atoms with Crippen LogP contribution in [0.2, 0.25) is 0 Å². The van der Waals surface area contributed by atoms with Crippen LogP contribution in [0.15, 0.2) is 60.1 Å². The Morgan fingerprint density at radius 1 is 1.11 bits per heavy atom. The monoisotopic (exact) mass is 529 g/mol. The zero-order valence-electron chi connectivity index (χ0n) is 19.2. The molecule has 0 fully saturated rings. The van der Waals surface area contributed by atoms with Gasteiger partial charge in [-0.25, -0.2) is 27.5 Å². The summed E-state index contributed by atoms with van der Waals surface area (Å²) < 4.78 is 69.7. The molecular weight excluding hydrogens is 504 g/mol. The molecule has 11 nitrogen and oxygen atoms in total. The highest BCUT2D eigenvalue weighted by atomic mass is 32.2. The molecule has 0 aliphatic carbocycles. The van der Waals surface area contributed by atoms with Crippen LogP contribution in [0.25, 0.3) is 0 Å². The normalized spacial score (nSPS) is 11.1. The quantitative estimate of drug-likeness (QED) is 0.230. The molecule has 2 aromatic rings. The lowest BCUT2D eigenvalue weighted by Crippen LogP contribution is -2.44. The highest BCUT2D eigenvalue weighted by Crippen LogP contribution is 2.28. The summed E-state index contributed by atoms with van der Waals surface area (Å²) in [4.78, 5) is 24.3. The smallest absolute Gasteiger partial charge is 0.413 e. The van der Waals surface area contributed by atoms with Gasteiger partial charge in [-0.3, -0.25) is 14.9 Å². The number of halogens is 2. The number of hydroxylamine groups is 1. The fourth-order valence-corrected chi connectivity index (χ4v) is 4.15. The standard InChI is InChI=1S/C22H25F2N3O8S/c1-3-26(22(29)34-13-12-33-2)10-11-27(15-21(28)25-30)36(31,32)18-8-9-20(19(24)14-18)35-17-6-4-16(23)5-7-17/h3-9,14,30H,1,10-13,15H2,2H3,(H,25,28). The summed E-state index contributed by atoms with van der Waals surface area (Å²) in [6.45, 7) is 2.01. The fraction of sp³-hybridized carbons (Fsp3) is 0.273. The zero-order valence-corrected chi connectivity index (χ0v) is 20.0. The minimum absolute atomic E-state index is 0.0553. The van der Waals surface area contributed by atoms with E-state index in [0.717, 1.165) is 35.4 Å². The van der Waals surface area contributed by atoms with Gasteiger partial charge in [0.25, 0.3) is 5.91 Å². The van der Waals surface area contributed by atoms with Gasteiger partial charge in [0.15, 0.2) is 11.6 Å². The summed E-state index contributed by atoms with van der Waals surface area (Å²) in [5.74, 6) is -2.83. The first kappa shape index (κ1) is 28.6. The lowest BCUT2D eigenvalue weighted by atomic mass is 10.3. The van der Waals surface area contributed by atoms with Crippen LogP contribution in [-0.4, -0.2) is 74.8 Å². The van der Waals surface area contributed by atoms with E-state index in [-0.39, 0.29) is 31.3 Å². The Bertz CT molecular complexity index is 1160. The molecule has 36 heavy (non-hydrogen) atoms. The SMILES string of the molecule is C=CN(CCN(CC(=O)NO)S(=O)(=O)c1ccc(Oc2ccc(F)cc2)c(F)c1)C(=O)OCCOC. The fourth-order valence-electron chi connectivity index (χ4n) is 2.75. The van der Waals surface area contributed by atoms with Crippen molar-refractivity contribution in [2.45, 2.75) is 4.90 Å². The minimum atomic E-state index is -4.49. The molecule has 0 spiro atoms. The van der Waals surface area contributed by atoms with Gasteiger partial charge < -0.3 is 14.2 Å². The Labute approximate surface area is 206 Å². The number of amides is 2. The molecule has 0 atom stereocenters. The first-order valence-electron chi connectivity index (χ1n) is 10.3. The van der Waals surface area contributed by atoms with Gasteiger partial charge in [-0.1, -0.05) is 6.58 Å². The largest absolute Gasteiger partial charge is 0.454 e. The van der Waals surface area contributed by atoms with Gasteiger partial charge in [-0.15, -0.1) is 0 Å². The summed E-state index contributed by atoms with van der Waals surface area (Å²) in [6, 6.07) is 7.53. The molecule has 196 valence electrons. The van der Waals surface area contributed by atoms with E-state index in [4.69, 9.17) is 19.4 Å². The number of ether oxygens (including phenoxy) is 3. The summed E-state index contributed by atoms with van der Waals surface area (Å²) in [7, 11) is -3.08. The number of nitrogens with zero attached hydrogens (tertiary/aromatic N) is 2. The van der Waals surface area contributed by atoms with Gasteiger partial charge in [0.1, 0.15) is 18.2 Å². The van der Waals surface area contributed by atoms with E-state index >= 15 is 0 Å². The number of hydrogen-bond donors (Lipinski definition) is 2. The van der Waals surface area contributed by atoms with Crippen molar-refractivity contribution in [3.63, 3.8) is 0 Å². The molecule has 2 aromatic carbocycles. The van der Waals surface area contributed by atoms with Crippen LogP contribution in [0.1, 0.15) is 0 Å². The van der Waals surface area contributed by atoms with E-state index in [1.165, 1.54) is 24.7 Å². The maximum atomic E-state index is 14.7. The number of methoxy groups -OCH3 is 1. The number of hydrogen-bond acceptors (Lipinski definition) is 8. The van der Waals surface area contributed by atoms with Crippen molar-refractivity contribution in [2.24, 2.45) is 0 Å². The first-order chi connectivity index (χ1) is 17.1. The highest BCUT2D eigenvalue weighted by molar-refractivity contribution is 7.89. The molecule has 2 amide bonds. The van der Waals surface area contributed by atoms with Crippen LogP contribution in [0.4, 0.5) is 13.6 Å². The molecule has 0 aliphatic heterocycles. The van der Waals surface area contributed by atoms with Crippen LogP contribution < -0.4 is 10.2 Å². The molecule has 0 saturated carbocycles. The van der Waals surface area contributed by atoms with Crippen molar-refractivity contribution >= 4 is 22.0 Å². The number of carbonyl (C=O) groups is 2. The minimum Gasteiger partial charge on any atom is -0.454 e. The average molecular weight is 530 g/mol. The van der Waals surface area contributed by atoms with Crippen LogP contribution in [-0.2, 0) is 24.3 Å².